The minimum Gasteiger partial charge on any atom is -0.383 e. The lowest BCUT2D eigenvalue weighted by Gasteiger charge is -2.28. The molecule has 1 rings (SSSR count). The first-order valence-corrected chi connectivity index (χ1v) is 6.64. The first kappa shape index (κ1) is 14.9. The summed E-state index contributed by atoms with van der Waals surface area (Å²) < 4.78 is 5.22. The number of pyridine rings is 1. The van der Waals surface area contributed by atoms with Crippen molar-refractivity contribution in [1.29, 1.82) is 0 Å². The molecule has 0 amide bonds. The van der Waals surface area contributed by atoms with Crippen molar-refractivity contribution < 1.29 is 4.74 Å². The minimum atomic E-state index is 0.335. The van der Waals surface area contributed by atoms with E-state index in [2.05, 4.69) is 48.1 Å². The van der Waals surface area contributed by atoms with E-state index in [0.29, 0.717) is 12.6 Å². The van der Waals surface area contributed by atoms with E-state index in [1.54, 1.807) is 7.11 Å². The Morgan fingerprint density at radius 1 is 1.44 bits per heavy atom. The fraction of sp³-hybridized carbons (Fsp3) is 0.643. The molecule has 1 unspecified atom stereocenters. The molecule has 0 aromatic carbocycles. The molecule has 1 N–H and O–H groups in total. The summed E-state index contributed by atoms with van der Waals surface area (Å²) >= 11 is 0. The Bertz CT molecular complexity index is 344. The highest BCUT2D eigenvalue weighted by Crippen LogP contribution is 2.15. The topological polar surface area (TPSA) is 37.4 Å². The standard InChI is InChI=1S/C14H25N3O/c1-5-15-10-13-7-8-16-14(9-13)17(6-2)12(3)11-18-4/h7-9,12,15H,5-6,10-11H2,1-4H3. The molecule has 0 aliphatic rings. The Balaban J connectivity index is 2.78. The second kappa shape index (κ2) is 8.06. The molecule has 1 aromatic heterocycles. The van der Waals surface area contributed by atoms with Crippen molar-refractivity contribution in [2.45, 2.75) is 33.4 Å². The molecule has 4 nitrogen and oxygen atoms in total. The molecule has 18 heavy (non-hydrogen) atoms. The van der Waals surface area contributed by atoms with Gasteiger partial charge in [-0.05, 0) is 38.1 Å². The molecule has 0 saturated heterocycles. The van der Waals surface area contributed by atoms with Crippen LogP contribution in [0.4, 0.5) is 5.82 Å². The number of likely N-dealkylation sites (N-methyl/N-ethyl adjacent to an activating group) is 1. The van der Waals surface area contributed by atoms with E-state index < -0.39 is 0 Å². The van der Waals surface area contributed by atoms with E-state index in [0.717, 1.165) is 25.5 Å². The third kappa shape index (κ3) is 4.27. The van der Waals surface area contributed by atoms with Crippen LogP contribution in [0.2, 0.25) is 0 Å². The maximum atomic E-state index is 5.22. The molecule has 1 atom stereocenters. The highest BCUT2D eigenvalue weighted by atomic mass is 16.5. The lowest BCUT2D eigenvalue weighted by atomic mass is 10.2. The van der Waals surface area contributed by atoms with E-state index in [4.69, 9.17) is 4.74 Å². The second-order valence-corrected chi connectivity index (χ2v) is 4.39. The smallest absolute Gasteiger partial charge is 0.129 e. The van der Waals surface area contributed by atoms with Crippen LogP contribution in [0.15, 0.2) is 18.3 Å². The quantitative estimate of drug-likeness (QED) is 0.767. The predicted molar refractivity (Wildman–Crippen MR) is 76.0 cm³/mol. The number of rotatable bonds is 8. The first-order chi connectivity index (χ1) is 8.72. The predicted octanol–water partition coefficient (Wildman–Crippen LogP) is 2.05. The van der Waals surface area contributed by atoms with Crippen molar-refractivity contribution in [3.05, 3.63) is 23.9 Å². The average molecular weight is 251 g/mol. The zero-order valence-corrected chi connectivity index (χ0v) is 11.9. The molecule has 0 bridgehead atoms. The number of anilines is 1. The molecule has 0 saturated carbocycles. The molecule has 102 valence electrons. The van der Waals surface area contributed by atoms with Crippen LogP contribution in [0.1, 0.15) is 26.3 Å². The van der Waals surface area contributed by atoms with Crippen molar-refractivity contribution in [2.75, 3.05) is 31.7 Å². The number of hydrogen-bond donors (Lipinski definition) is 1. The van der Waals surface area contributed by atoms with Crippen molar-refractivity contribution in [3.63, 3.8) is 0 Å². The van der Waals surface area contributed by atoms with Gasteiger partial charge in [0.15, 0.2) is 0 Å². The van der Waals surface area contributed by atoms with Gasteiger partial charge in [-0.3, -0.25) is 0 Å². The highest BCUT2D eigenvalue weighted by molar-refractivity contribution is 5.42. The Kier molecular flexibility index (Phi) is 6.68. The van der Waals surface area contributed by atoms with E-state index >= 15 is 0 Å². The van der Waals surface area contributed by atoms with Crippen LogP contribution in [0.5, 0.6) is 0 Å². The molecule has 0 aliphatic heterocycles. The summed E-state index contributed by atoms with van der Waals surface area (Å²) in [6.45, 7) is 9.93. The summed E-state index contributed by atoms with van der Waals surface area (Å²) in [5.41, 5.74) is 1.27. The minimum absolute atomic E-state index is 0.335. The summed E-state index contributed by atoms with van der Waals surface area (Å²) in [6.07, 6.45) is 1.88. The fourth-order valence-electron chi connectivity index (χ4n) is 2.03. The molecule has 0 radical (unpaired) electrons. The van der Waals surface area contributed by atoms with Crippen molar-refractivity contribution >= 4 is 5.82 Å². The maximum Gasteiger partial charge on any atom is 0.129 e. The first-order valence-electron chi connectivity index (χ1n) is 6.64. The molecular formula is C14H25N3O. The van der Waals surface area contributed by atoms with Gasteiger partial charge in [0, 0.05) is 26.4 Å². The van der Waals surface area contributed by atoms with Gasteiger partial charge in [-0.1, -0.05) is 6.92 Å². The van der Waals surface area contributed by atoms with Crippen LogP contribution in [0.25, 0.3) is 0 Å². The monoisotopic (exact) mass is 251 g/mol. The molecule has 0 aliphatic carbocycles. The number of aromatic nitrogens is 1. The lowest BCUT2D eigenvalue weighted by molar-refractivity contribution is 0.181. The van der Waals surface area contributed by atoms with Gasteiger partial charge >= 0.3 is 0 Å². The van der Waals surface area contributed by atoms with Gasteiger partial charge in [0.25, 0.3) is 0 Å². The van der Waals surface area contributed by atoms with Crippen LogP contribution in [0, 0.1) is 0 Å². The summed E-state index contributed by atoms with van der Waals surface area (Å²) in [7, 11) is 1.74. The third-order valence-corrected chi connectivity index (χ3v) is 2.96. The lowest BCUT2D eigenvalue weighted by Crippen LogP contribution is -2.36. The van der Waals surface area contributed by atoms with Crippen molar-refractivity contribution in [1.82, 2.24) is 10.3 Å². The number of nitrogens with zero attached hydrogens (tertiary/aromatic N) is 2. The van der Waals surface area contributed by atoms with Crippen LogP contribution in [0.3, 0.4) is 0 Å². The Labute approximate surface area is 110 Å². The van der Waals surface area contributed by atoms with Gasteiger partial charge in [0.2, 0.25) is 0 Å². The molecule has 0 fully saturated rings. The van der Waals surface area contributed by atoms with Gasteiger partial charge in [0.1, 0.15) is 5.82 Å². The SMILES string of the molecule is CCNCc1ccnc(N(CC)C(C)COC)c1. The Morgan fingerprint density at radius 2 is 2.22 bits per heavy atom. The number of ether oxygens (including phenoxy) is 1. The van der Waals surface area contributed by atoms with Gasteiger partial charge in [-0.15, -0.1) is 0 Å². The maximum absolute atomic E-state index is 5.22. The molecule has 1 aromatic rings. The van der Waals surface area contributed by atoms with E-state index in [1.807, 2.05) is 6.20 Å². The fourth-order valence-corrected chi connectivity index (χ4v) is 2.03. The van der Waals surface area contributed by atoms with Crippen LogP contribution >= 0.6 is 0 Å². The van der Waals surface area contributed by atoms with E-state index in [-0.39, 0.29) is 0 Å². The average Bonchev–Trinajstić information content (AvgIpc) is 2.38. The number of hydrogen-bond acceptors (Lipinski definition) is 4. The Hall–Kier alpha value is -1.13. The van der Waals surface area contributed by atoms with Crippen LogP contribution < -0.4 is 10.2 Å². The zero-order valence-electron chi connectivity index (χ0n) is 11.9. The van der Waals surface area contributed by atoms with E-state index in [1.165, 1.54) is 5.56 Å². The largest absolute Gasteiger partial charge is 0.383 e. The molecular weight excluding hydrogens is 226 g/mol. The third-order valence-electron chi connectivity index (χ3n) is 2.96. The summed E-state index contributed by atoms with van der Waals surface area (Å²) in [6, 6.07) is 4.54. The van der Waals surface area contributed by atoms with E-state index in [9.17, 15) is 0 Å². The molecule has 4 heteroatoms. The van der Waals surface area contributed by atoms with Gasteiger partial charge < -0.3 is 15.0 Å². The zero-order chi connectivity index (χ0) is 13.4. The number of methoxy groups -OCH3 is 1. The summed E-state index contributed by atoms with van der Waals surface area (Å²) in [5, 5.41) is 3.33. The second-order valence-electron chi connectivity index (χ2n) is 4.39. The van der Waals surface area contributed by atoms with Crippen LogP contribution in [-0.4, -0.2) is 37.8 Å². The van der Waals surface area contributed by atoms with Crippen molar-refractivity contribution in [3.8, 4) is 0 Å². The molecule has 1 heterocycles. The summed E-state index contributed by atoms with van der Waals surface area (Å²) in [5.74, 6) is 1.03. The summed E-state index contributed by atoms with van der Waals surface area (Å²) in [4.78, 5) is 6.73. The van der Waals surface area contributed by atoms with Crippen molar-refractivity contribution in [2.24, 2.45) is 0 Å². The van der Waals surface area contributed by atoms with Gasteiger partial charge in [-0.25, -0.2) is 4.98 Å². The molecule has 0 spiro atoms. The Morgan fingerprint density at radius 3 is 2.83 bits per heavy atom. The van der Waals surface area contributed by atoms with Gasteiger partial charge in [0.05, 0.1) is 12.6 Å². The van der Waals surface area contributed by atoms with Crippen LogP contribution in [-0.2, 0) is 11.3 Å². The van der Waals surface area contributed by atoms with Gasteiger partial charge in [-0.2, -0.15) is 0 Å². The number of nitrogens with one attached hydrogen (secondary N) is 1. The normalized spacial score (nSPS) is 12.4. The highest BCUT2D eigenvalue weighted by Gasteiger charge is 2.13.